The van der Waals surface area contributed by atoms with E-state index >= 15 is 0 Å². The fraction of sp³-hybridized carbons (Fsp3) is 0.357. The van der Waals surface area contributed by atoms with Crippen molar-refractivity contribution in [3.8, 4) is 0 Å². The molecule has 1 aliphatic rings. The molecule has 1 fully saturated rings. The largest absolute Gasteiger partial charge is 0.491 e. The monoisotopic (exact) mass is 259 g/mol. The molecule has 0 spiro atoms. The fourth-order valence-electron chi connectivity index (χ4n) is 1.70. The van der Waals surface area contributed by atoms with E-state index in [4.69, 9.17) is 4.65 Å². The van der Waals surface area contributed by atoms with Gasteiger partial charge in [0.25, 0.3) is 0 Å². The van der Waals surface area contributed by atoms with Gasteiger partial charge >= 0.3 is 7.12 Å². The van der Waals surface area contributed by atoms with Crippen LogP contribution in [0.2, 0.25) is 0 Å². The van der Waals surface area contributed by atoms with Crippen LogP contribution in [0.25, 0.3) is 0 Å². The number of nitrogens with one attached hydrogen (secondary N) is 1. The molecule has 1 aliphatic carbocycles. The maximum absolute atomic E-state index is 11.2. The summed E-state index contributed by atoms with van der Waals surface area (Å²) in [5.74, 6) is -0.280. The minimum absolute atomic E-state index is 0.232. The maximum Gasteiger partial charge on any atom is 0.491 e. The predicted octanol–water partition coefficient (Wildman–Crippen LogP) is 1.32. The van der Waals surface area contributed by atoms with Gasteiger partial charge in [0.15, 0.2) is 0 Å². The lowest BCUT2D eigenvalue weighted by atomic mass is 9.79. The zero-order chi connectivity index (χ0) is 13.9. The quantitative estimate of drug-likeness (QED) is 0.598. The number of carbonyl (C=O) groups excluding carboxylic acids is 1. The highest BCUT2D eigenvalue weighted by atomic mass is 16.5. The lowest BCUT2D eigenvalue weighted by Crippen LogP contribution is -2.35. The highest BCUT2D eigenvalue weighted by Gasteiger charge is 2.38. The van der Waals surface area contributed by atoms with Gasteiger partial charge in [-0.2, -0.15) is 0 Å². The average Bonchev–Trinajstić information content (AvgIpc) is 3.14. The first-order valence-electron chi connectivity index (χ1n) is 6.35. The molecule has 1 saturated carbocycles. The van der Waals surface area contributed by atoms with Gasteiger partial charge in [-0.1, -0.05) is 25.6 Å². The first-order valence-corrected chi connectivity index (χ1v) is 6.35. The zero-order valence-electron chi connectivity index (χ0n) is 11.1. The van der Waals surface area contributed by atoms with Crippen LogP contribution in [0.5, 0.6) is 0 Å². The Morgan fingerprint density at radius 3 is 3.00 bits per heavy atom. The molecule has 1 aromatic rings. The molecule has 0 bridgehead atoms. The Morgan fingerprint density at radius 2 is 2.37 bits per heavy atom. The van der Waals surface area contributed by atoms with Gasteiger partial charge in [-0.25, -0.2) is 0 Å². The number of amides is 1. The van der Waals surface area contributed by atoms with Gasteiger partial charge in [0.1, 0.15) is 0 Å². The molecule has 19 heavy (non-hydrogen) atoms. The normalized spacial score (nSPS) is 15.7. The first kappa shape index (κ1) is 13.8. The summed E-state index contributed by atoms with van der Waals surface area (Å²) in [4.78, 5) is 11.2. The summed E-state index contributed by atoms with van der Waals surface area (Å²) in [6.07, 6.45) is 3.50. The summed E-state index contributed by atoms with van der Waals surface area (Å²) in [5.41, 5.74) is 1.48. The van der Waals surface area contributed by atoms with Crippen molar-refractivity contribution in [3.05, 3.63) is 36.9 Å². The molecule has 4 nitrogen and oxygen atoms in total. The van der Waals surface area contributed by atoms with Gasteiger partial charge < -0.3 is 15.0 Å². The van der Waals surface area contributed by atoms with Crippen molar-refractivity contribution < 1.29 is 14.5 Å². The van der Waals surface area contributed by atoms with E-state index in [-0.39, 0.29) is 11.3 Å². The predicted molar refractivity (Wildman–Crippen MR) is 76.2 cm³/mol. The third-order valence-electron chi connectivity index (χ3n) is 3.32. The second-order valence-electron chi connectivity index (χ2n) is 5.29. The fourth-order valence-corrected chi connectivity index (χ4v) is 1.70. The average molecular weight is 259 g/mol. The highest BCUT2D eigenvalue weighted by molar-refractivity contribution is 6.60. The summed E-state index contributed by atoms with van der Waals surface area (Å²) in [6.45, 7) is 6.08. The second-order valence-corrected chi connectivity index (χ2v) is 5.29. The molecule has 0 aliphatic heterocycles. The Hall–Kier alpha value is -1.59. The van der Waals surface area contributed by atoms with Crippen molar-refractivity contribution in [2.75, 3.05) is 11.9 Å². The molecule has 0 unspecified atom stereocenters. The second kappa shape index (κ2) is 5.59. The van der Waals surface area contributed by atoms with Crippen LogP contribution in [-0.2, 0) is 9.45 Å². The van der Waals surface area contributed by atoms with Crippen LogP contribution in [0, 0.1) is 5.41 Å². The number of rotatable bonds is 6. The SMILES string of the molecule is C=CC(=O)Nc1cccc(B(O)OCC2(C)CC2)c1. The molecule has 0 radical (unpaired) electrons. The Kier molecular flexibility index (Phi) is 4.07. The third-order valence-corrected chi connectivity index (χ3v) is 3.32. The minimum atomic E-state index is -0.960. The van der Waals surface area contributed by atoms with E-state index in [1.165, 1.54) is 6.08 Å². The van der Waals surface area contributed by atoms with Crippen LogP contribution in [0.4, 0.5) is 5.69 Å². The Balaban J connectivity index is 1.96. The molecule has 5 heteroatoms. The van der Waals surface area contributed by atoms with Gasteiger partial charge in [0.2, 0.25) is 5.91 Å². The molecule has 2 N–H and O–H groups in total. The smallest absolute Gasteiger partial charge is 0.423 e. The van der Waals surface area contributed by atoms with Crippen molar-refractivity contribution in [1.29, 1.82) is 0 Å². The molecule has 100 valence electrons. The standard InChI is InChI=1S/C14H18BNO3/c1-3-13(17)16-12-6-4-5-11(9-12)15(18)19-10-14(2)7-8-14/h3-6,9,18H,1,7-8,10H2,2H3,(H,16,17). The number of hydrogen-bond donors (Lipinski definition) is 2. The van der Waals surface area contributed by atoms with Crippen molar-refractivity contribution in [2.45, 2.75) is 19.8 Å². The molecule has 1 aromatic carbocycles. The molecule has 0 aromatic heterocycles. The van der Waals surface area contributed by atoms with Gasteiger partial charge in [-0.3, -0.25) is 4.79 Å². The summed E-state index contributed by atoms with van der Waals surface area (Å²) >= 11 is 0. The number of benzene rings is 1. The van der Waals surface area contributed by atoms with Crippen molar-refractivity contribution >= 4 is 24.2 Å². The van der Waals surface area contributed by atoms with Gasteiger partial charge in [-0.15, -0.1) is 0 Å². The van der Waals surface area contributed by atoms with E-state index in [0.717, 1.165) is 12.8 Å². The number of carbonyl (C=O) groups is 1. The third kappa shape index (κ3) is 3.94. The molecular weight excluding hydrogens is 241 g/mol. The lowest BCUT2D eigenvalue weighted by molar-refractivity contribution is -0.111. The van der Waals surface area contributed by atoms with Gasteiger partial charge in [0, 0.05) is 12.3 Å². The van der Waals surface area contributed by atoms with Crippen LogP contribution in [0.15, 0.2) is 36.9 Å². The van der Waals surface area contributed by atoms with E-state index < -0.39 is 7.12 Å². The van der Waals surface area contributed by atoms with E-state index in [1.807, 2.05) is 0 Å². The molecule has 2 rings (SSSR count). The highest BCUT2D eigenvalue weighted by Crippen LogP contribution is 2.44. The summed E-state index contributed by atoms with van der Waals surface area (Å²) in [7, 11) is -0.960. The molecular formula is C14H18BNO3. The van der Waals surface area contributed by atoms with Gasteiger partial charge in [0.05, 0.1) is 0 Å². The van der Waals surface area contributed by atoms with Crippen LogP contribution < -0.4 is 10.8 Å². The molecule has 0 atom stereocenters. The number of anilines is 1. The van der Waals surface area contributed by atoms with E-state index in [9.17, 15) is 9.82 Å². The van der Waals surface area contributed by atoms with Crippen LogP contribution in [0.1, 0.15) is 19.8 Å². The molecule has 0 heterocycles. The van der Waals surface area contributed by atoms with Crippen LogP contribution in [-0.4, -0.2) is 24.7 Å². The van der Waals surface area contributed by atoms with Crippen molar-refractivity contribution in [2.24, 2.45) is 5.41 Å². The van der Waals surface area contributed by atoms with Crippen LogP contribution >= 0.6 is 0 Å². The topological polar surface area (TPSA) is 58.6 Å². The summed E-state index contributed by atoms with van der Waals surface area (Å²) in [5, 5.41) is 12.6. The van der Waals surface area contributed by atoms with E-state index in [2.05, 4.69) is 18.8 Å². The van der Waals surface area contributed by atoms with E-state index in [0.29, 0.717) is 17.8 Å². The Labute approximate surface area is 113 Å². The maximum atomic E-state index is 11.2. The van der Waals surface area contributed by atoms with Crippen molar-refractivity contribution in [1.82, 2.24) is 0 Å². The summed E-state index contributed by atoms with van der Waals surface area (Å²) < 4.78 is 5.46. The number of hydrogen-bond acceptors (Lipinski definition) is 3. The lowest BCUT2D eigenvalue weighted by Gasteiger charge is -2.13. The van der Waals surface area contributed by atoms with Crippen molar-refractivity contribution in [3.63, 3.8) is 0 Å². The molecule has 1 amide bonds. The Morgan fingerprint density at radius 1 is 1.63 bits per heavy atom. The summed E-state index contributed by atoms with van der Waals surface area (Å²) in [6, 6.07) is 6.98. The van der Waals surface area contributed by atoms with Gasteiger partial charge in [-0.05, 0) is 41.9 Å². The minimum Gasteiger partial charge on any atom is -0.423 e. The Bertz CT molecular complexity index is 485. The molecule has 0 saturated heterocycles. The van der Waals surface area contributed by atoms with E-state index in [1.54, 1.807) is 24.3 Å². The zero-order valence-corrected chi connectivity index (χ0v) is 11.1. The first-order chi connectivity index (χ1) is 9.02. The van der Waals surface area contributed by atoms with Crippen LogP contribution in [0.3, 0.4) is 0 Å².